The van der Waals surface area contributed by atoms with Crippen LogP contribution in [0.3, 0.4) is 0 Å². The fourth-order valence-corrected chi connectivity index (χ4v) is 2.27. The molecule has 1 rings (SSSR count). The van der Waals surface area contributed by atoms with Gasteiger partial charge in [-0.25, -0.2) is 4.79 Å². The number of nitrogens with zero attached hydrogens (tertiary/aromatic N) is 1. The van der Waals surface area contributed by atoms with Gasteiger partial charge in [-0.15, -0.1) is 0 Å². The Hall–Kier alpha value is -0.843. The first-order valence-corrected chi connectivity index (χ1v) is 6.97. The van der Waals surface area contributed by atoms with E-state index in [9.17, 15) is 9.59 Å². The molecule has 4 nitrogen and oxygen atoms in total. The third kappa shape index (κ3) is 1.59. The van der Waals surface area contributed by atoms with Gasteiger partial charge in [-0.1, -0.05) is 19.6 Å². The largest absolute Gasteiger partial charge is 0.343 e. The molecule has 0 saturated carbocycles. The molecule has 0 spiro atoms. The van der Waals surface area contributed by atoms with Gasteiger partial charge in [-0.3, -0.25) is 10.1 Å². The predicted octanol–water partition coefficient (Wildman–Crippen LogP) is 0.373. The van der Waals surface area contributed by atoms with Crippen LogP contribution in [-0.4, -0.2) is 31.3 Å². The number of hydrogen-bond donors (Lipinski definition) is 1. The van der Waals surface area contributed by atoms with Crippen molar-refractivity contribution < 1.29 is 9.59 Å². The molecular formula is C6H12N2O2Si. The number of amides is 3. The quantitative estimate of drug-likeness (QED) is 0.459. The molecule has 1 aliphatic heterocycles. The highest BCUT2D eigenvalue weighted by Gasteiger charge is 2.35. The summed E-state index contributed by atoms with van der Waals surface area (Å²) in [6, 6.07) is -0.228. The van der Waals surface area contributed by atoms with Crippen LogP contribution in [0.4, 0.5) is 4.79 Å². The summed E-state index contributed by atoms with van der Waals surface area (Å²) in [5.74, 6) is -0.183. The van der Waals surface area contributed by atoms with Gasteiger partial charge in [0.25, 0.3) is 0 Å². The van der Waals surface area contributed by atoms with Gasteiger partial charge in [0.2, 0.25) is 5.91 Å². The van der Waals surface area contributed by atoms with Gasteiger partial charge < -0.3 is 4.57 Å². The summed E-state index contributed by atoms with van der Waals surface area (Å²) in [5, 5.41) is 2.26. The van der Waals surface area contributed by atoms with Crippen molar-refractivity contribution in [2.75, 3.05) is 6.54 Å². The van der Waals surface area contributed by atoms with Crippen LogP contribution in [0.15, 0.2) is 0 Å². The lowest BCUT2D eigenvalue weighted by molar-refractivity contribution is -0.118. The Morgan fingerprint density at radius 1 is 1.36 bits per heavy atom. The molecule has 3 amide bonds. The highest BCUT2D eigenvalue weighted by molar-refractivity contribution is 6.76. The van der Waals surface area contributed by atoms with Crippen molar-refractivity contribution in [2.45, 2.75) is 19.6 Å². The van der Waals surface area contributed by atoms with Crippen LogP contribution in [0.5, 0.6) is 0 Å². The van der Waals surface area contributed by atoms with Crippen molar-refractivity contribution in [2.24, 2.45) is 0 Å². The van der Waals surface area contributed by atoms with E-state index in [-0.39, 0.29) is 18.5 Å². The Bertz CT molecular complexity index is 209. The molecule has 1 N–H and O–H groups in total. The van der Waals surface area contributed by atoms with Crippen LogP contribution in [0.25, 0.3) is 0 Å². The minimum atomic E-state index is -1.63. The van der Waals surface area contributed by atoms with Gasteiger partial charge in [0.1, 0.15) is 0 Å². The molecule has 0 radical (unpaired) electrons. The fourth-order valence-electron chi connectivity index (χ4n) is 0.983. The summed E-state index contributed by atoms with van der Waals surface area (Å²) >= 11 is 0. The van der Waals surface area contributed by atoms with Crippen molar-refractivity contribution in [1.82, 2.24) is 9.88 Å². The zero-order valence-electron chi connectivity index (χ0n) is 6.97. The average Bonchev–Trinajstić information content (AvgIpc) is 2.08. The van der Waals surface area contributed by atoms with Gasteiger partial charge >= 0.3 is 6.03 Å². The highest BCUT2D eigenvalue weighted by atomic mass is 28.3. The average molecular weight is 172 g/mol. The normalized spacial score (nSPS) is 19.0. The summed E-state index contributed by atoms with van der Waals surface area (Å²) < 4.78 is 1.65. The lowest BCUT2D eigenvalue weighted by atomic mass is 10.7. The summed E-state index contributed by atoms with van der Waals surface area (Å²) in [6.07, 6.45) is 0. The first-order chi connectivity index (χ1) is 4.91. The maximum atomic E-state index is 11.1. The van der Waals surface area contributed by atoms with Crippen molar-refractivity contribution in [1.29, 1.82) is 0 Å². The van der Waals surface area contributed by atoms with Gasteiger partial charge in [0.05, 0.1) is 6.54 Å². The summed E-state index contributed by atoms with van der Waals surface area (Å²) in [5.41, 5.74) is 0. The molecule has 1 heterocycles. The molecular weight excluding hydrogens is 160 g/mol. The first-order valence-electron chi connectivity index (χ1n) is 3.53. The van der Waals surface area contributed by atoms with E-state index in [4.69, 9.17) is 0 Å². The molecule has 1 aliphatic rings. The maximum Gasteiger partial charge on any atom is 0.316 e. The Kier molecular flexibility index (Phi) is 1.75. The third-order valence-electron chi connectivity index (χ3n) is 1.60. The van der Waals surface area contributed by atoms with Crippen LogP contribution in [0.1, 0.15) is 0 Å². The van der Waals surface area contributed by atoms with Crippen LogP contribution in [0, 0.1) is 0 Å². The molecule has 0 aromatic carbocycles. The zero-order chi connectivity index (χ0) is 8.65. The standard InChI is InChI=1S/C6H12N2O2Si/c1-11(2,3)8-4-5(9)7-6(8)10/h4H2,1-3H3,(H,7,9,10). The fraction of sp³-hybridized carbons (Fsp3) is 0.667. The molecule has 0 unspecified atom stereocenters. The van der Waals surface area contributed by atoms with Crippen LogP contribution < -0.4 is 5.32 Å². The molecule has 62 valence electrons. The Morgan fingerprint density at radius 2 is 1.91 bits per heavy atom. The minimum absolute atomic E-state index is 0.183. The van der Waals surface area contributed by atoms with Gasteiger partial charge in [0.15, 0.2) is 8.24 Å². The Morgan fingerprint density at radius 3 is 2.09 bits per heavy atom. The monoisotopic (exact) mass is 172 g/mol. The van der Waals surface area contributed by atoms with Crippen molar-refractivity contribution in [3.8, 4) is 0 Å². The zero-order valence-corrected chi connectivity index (χ0v) is 7.97. The van der Waals surface area contributed by atoms with E-state index in [1.807, 2.05) is 19.6 Å². The van der Waals surface area contributed by atoms with Gasteiger partial charge in [0, 0.05) is 0 Å². The molecule has 0 atom stereocenters. The SMILES string of the molecule is C[Si](C)(C)N1CC(=O)NC1=O. The van der Waals surface area contributed by atoms with E-state index < -0.39 is 8.24 Å². The van der Waals surface area contributed by atoms with Gasteiger partial charge in [-0.2, -0.15) is 0 Å². The molecule has 11 heavy (non-hydrogen) atoms. The molecule has 0 bridgehead atoms. The molecule has 0 aromatic heterocycles. The number of urea groups is 1. The van der Waals surface area contributed by atoms with Crippen molar-refractivity contribution in [3.05, 3.63) is 0 Å². The second-order valence-electron chi connectivity index (χ2n) is 3.61. The second-order valence-corrected chi connectivity index (χ2v) is 8.49. The second kappa shape index (κ2) is 2.33. The van der Waals surface area contributed by atoms with E-state index >= 15 is 0 Å². The molecule has 1 saturated heterocycles. The molecule has 0 aliphatic carbocycles. The number of nitrogens with one attached hydrogen (secondary N) is 1. The highest BCUT2D eigenvalue weighted by Crippen LogP contribution is 2.11. The Labute approximate surface area is 66.7 Å². The lowest BCUT2D eigenvalue weighted by Gasteiger charge is -2.27. The van der Waals surface area contributed by atoms with Crippen LogP contribution in [0.2, 0.25) is 19.6 Å². The number of hydrogen-bond acceptors (Lipinski definition) is 2. The van der Waals surface area contributed by atoms with E-state index in [0.29, 0.717) is 0 Å². The van der Waals surface area contributed by atoms with E-state index in [0.717, 1.165) is 0 Å². The number of carbonyl (C=O) groups is 2. The smallest absolute Gasteiger partial charge is 0.316 e. The van der Waals surface area contributed by atoms with E-state index in [1.165, 1.54) is 0 Å². The lowest BCUT2D eigenvalue weighted by Crippen LogP contribution is -2.47. The maximum absolute atomic E-state index is 11.1. The number of carbonyl (C=O) groups excluding carboxylic acids is 2. The van der Waals surface area contributed by atoms with E-state index in [1.54, 1.807) is 4.57 Å². The predicted molar refractivity (Wildman–Crippen MR) is 43.6 cm³/mol. The first kappa shape index (κ1) is 8.26. The third-order valence-corrected chi connectivity index (χ3v) is 3.58. The summed E-state index contributed by atoms with van der Waals surface area (Å²) in [4.78, 5) is 21.8. The molecule has 5 heteroatoms. The van der Waals surface area contributed by atoms with Crippen molar-refractivity contribution in [3.63, 3.8) is 0 Å². The number of imide groups is 1. The molecule has 0 aromatic rings. The number of rotatable bonds is 1. The Balaban J connectivity index is 2.76. The van der Waals surface area contributed by atoms with Gasteiger partial charge in [-0.05, 0) is 0 Å². The summed E-state index contributed by atoms with van der Waals surface area (Å²) in [7, 11) is -1.63. The topological polar surface area (TPSA) is 49.4 Å². The van der Waals surface area contributed by atoms with Crippen molar-refractivity contribution >= 4 is 20.2 Å². The molecule has 1 fully saturated rings. The van der Waals surface area contributed by atoms with Crippen LogP contribution >= 0.6 is 0 Å². The minimum Gasteiger partial charge on any atom is -0.343 e. The van der Waals surface area contributed by atoms with Crippen LogP contribution in [-0.2, 0) is 4.79 Å². The van der Waals surface area contributed by atoms with E-state index in [2.05, 4.69) is 5.32 Å². The summed E-state index contributed by atoms with van der Waals surface area (Å²) in [6.45, 7) is 6.34.